The maximum Gasteiger partial charge on any atom is 0.0731 e. The van der Waals surface area contributed by atoms with Crippen LogP contribution in [0.5, 0.6) is 0 Å². The number of aromatic nitrogens is 2. The molecule has 1 aliphatic rings. The van der Waals surface area contributed by atoms with Crippen molar-refractivity contribution in [3.05, 3.63) is 42.2 Å². The highest BCUT2D eigenvalue weighted by atomic mass is 32.2. The first-order chi connectivity index (χ1) is 8.83. The van der Waals surface area contributed by atoms with Gasteiger partial charge in [-0.2, -0.15) is 5.10 Å². The Morgan fingerprint density at radius 3 is 3.11 bits per heavy atom. The number of hydrogen-bond donors (Lipinski definition) is 1. The van der Waals surface area contributed by atoms with E-state index in [0.29, 0.717) is 6.04 Å². The molecule has 1 unspecified atom stereocenters. The molecule has 0 spiro atoms. The summed E-state index contributed by atoms with van der Waals surface area (Å²) in [5, 5.41) is 7.81. The average Bonchev–Trinajstić information content (AvgIpc) is 2.68. The van der Waals surface area contributed by atoms with Gasteiger partial charge in [0, 0.05) is 18.1 Å². The highest BCUT2D eigenvalue weighted by Gasteiger charge is 2.18. The number of aryl methyl sites for hydroxylation is 1. The van der Waals surface area contributed by atoms with Gasteiger partial charge in [-0.15, -0.1) is 11.8 Å². The van der Waals surface area contributed by atoms with Crippen molar-refractivity contribution in [2.24, 2.45) is 7.05 Å². The number of fused-ring (bicyclic) bond motifs is 1. The van der Waals surface area contributed by atoms with Crippen molar-refractivity contribution in [3.8, 4) is 0 Å². The Morgan fingerprint density at radius 1 is 1.39 bits per heavy atom. The van der Waals surface area contributed by atoms with Crippen LogP contribution in [0.1, 0.15) is 24.4 Å². The standard InChI is InChI=1S/C14H17N3S/c1-17-10-11(9-15-17)16-13-6-4-8-18-14-7-3-2-5-12(13)14/h2-3,5,7,9-10,13,16H,4,6,8H2,1H3. The number of nitrogens with one attached hydrogen (secondary N) is 1. The van der Waals surface area contributed by atoms with Crippen LogP contribution in [-0.4, -0.2) is 15.5 Å². The van der Waals surface area contributed by atoms with Gasteiger partial charge in [-0.05, 0) is 30.2 Å². The van der Waals surface area contributed by atoms with Crippen molar-refractivity contribution in [2.75, 3.05) is 11.1 Å². The summed E-state index contributed by atoms with van der Waals surface area (Å²) in [6.45, 7) is 0. The van der Waals surface area contributed by atoms with Crippen molar-refractivity contribution in [3.63, 3.8) is 0 Å². The van der Waals surface area contributed by atoms with E-state index in [2.05, 4.69) is 34.7 Å². The van der Waals surface area contributed by atoms with Gasteiger partial charge in [-0.25, -0.2) is 0 Å². The molecular formula is C14H17N3S. The summed E-state index contributed by atoms with van der Waals surface area (Å²) in [6, 6.07) is 9.12. The fourth-order valence-electron chi connectivity index (χ4n) is 2.37. The first-order valence-corrected chi connectivity index (χ1v) is 7.28. The molecule has 94 valence electrons. The monoisotopic (exact) mass is 259 g/mol. The van der Waals surface area contributed by atoms with E-state index in [0.717, 1.165) is 5.69 Å². The third-order valence-electron chi connectivity index (χ3n) is 3.23. The van der Waals surface area contributed by atoms with Crippen molar-refractivity contribution < 1.29 is 0 Å². The molecule has 1 aromatic heterocycles. The molecule has 0 amide bonds. The highest BCUT2D eigenvalue weighted by molar-refractivity contribution is 7.99. The zero-order chi connectivity index (χ0) is 12.4. The molecule has 0 radical (unpaired) electrons. The lowest BCUT2D eigenvalue weighted by Crippen LogP contribution is -2.10. The SMILES string of the molecule is Cn1cc(NC2CCCSc3ccccc32)cn1. The number of thioether (sulfide) groups is 1. The molecule has 2 heterocycles. The lowest BCUT2D eigenvalue weighted by atomic mass is 10.0. The second kappa shape index (κ2) is 5.06. The van der Waals surface area contributed by atoms with Crippen LogP contribution in [0.3, 0.4) is 0 Å². The third-order valence-corrected chi connectivity index (χ3v) is 4.41. The minimum Gasteiger partial charge on any atom is -0.376 e. The van der Waals surface area contributed by atoms with Crippen LogP contribution < -0.4 is 5.32 Å². The predicted molar refractivity (Wildman–Crippen MR) is 76.0 cm³/mol. The van der Waals surface area contributed by atoms with Gasteiger partial charge in [-0.3, -0.25) is 4.68 Å². The van der Waals surface area contributed by atoms with Crippen molar-refractivity contribution in [1.82, 2.24) is 9.78 Å². The van der Waals surface area contributed by atoms with Crippen LogP contribution in [0.4, 0.5) is 5.69 Å². The molecule has 1 aromatic carbocycles. The zero-order valence-electron chi connectivity index (χ0n) is 10.5. The largest absolute Gasteiger partial charge is 0.376 e. The van der Waals surface area contributed by atoms with Gasteiger partial charge in [0.15, 0.2) is 0 Å². The Bertz CT molecular complexity index is 535. The summed E-state index contributed by atoms with van der Waals surface area (Å²) in [5.41, 5.74) is 2.52. The smallest absolute Gasteiger partial charge is 0.0731 e. The number of hydrogen-bond acceptors (Lipinski definition) is 3. The number of benzene rings is 1. The fourth-order valence-corrected chi connectivity index (χ4v) is 3.45. The quantitative estimate of drug-likeness (QED) is 0.895. The van der Waals surface area contributed by atoms with E-state index in [1.165, 1.54) is 29.1 Å². The van der Waals surface area contributed by atoms with Crippen molar-refractivity contribution >= 4 is 17.4 Å². The first kappa shape index (κ1) is 11.7. The molecule has 4 heteroatoms. The second-order valence-electron chi connectivity index (χ2n) is 4.63. The van der Waals surface area contributed by atoms with E-state index in [1.54, 1.807) is 0 Å². The lowest BCUT2D eigenvalue weighted by Gasteiger charge is -2.18. The molecule has 1 aliphatic heterocycles. The summed E-state index contributed by atoms with van der Waals surface area (Å²) in [5.74, 6) is 1.21. The van der Waals surface area contributed by atoms with Crippen molar-refractivity contribution in [1.29, 1.82) is 0 Å². The molecule has 18 heavy (non-hydrogen) atoms. The predicted octanol–water partition coefficient (Wildman–Crippen LogP) is 3.46. The van der Waals surface area contributed by atoms with Crippen LogP contribution in [0.25, 0.3) is 0 Å². The third kappa shape index (κ3) is 2.38. The molecule has 1 atom stereocenters. The van der Waals surface area contributed by atoms with E-state index in [4.69, 9.17) is 0 Å². The lowest BCUT2D eigenvalue weighted by molar-refractivity contribution is 0.680. The van der Waals surface area contributed by atoms with E-state index in [9.17, 15) is 0 Å². The average molecular weight is 259 g/mol. The van der Waals surface area contributed by atoms with Gasteiger partial charge in [0.25, 0.3) is 0 Å². The zero-order valence-corrected chi connectivity index (χ0v) is 11.3. The molecule has 0 aliphatic carbocycles. The molecular weight excluding hydrogens is 242 g/mol. The molecule has 0 saturated carbocycles. The molecule has 0 saturated heterocycles. The van der Waals surface area contributed by atoms with Crippen molar-refractivity contribution in [2.45, 2.75) is 23.8 Å². The van der Waals surface area contributed by atoms with Gasteiger partial charge in [0.1, 0.15) is 0 Å². The maximum atomic E-state index is 4.21. The number of anilines is 1. The molecule has 3 nitrogen and oxygen atoms in total. The summed E-state index contributed by atoms with van der Waals surface area (Å²) in [7, 11) is 1.95. The Hall–Kier alpha value is -1.42. The molecule has 0 bridgehead atoms. The Balaban J connectivity index is 1.87. The van der Waals surface area contributed by atoms with Crippen LogP contribution >= 0.6 is 11.8 Å². The Morgan fingerprint density at radius 2 is 2.28 bits per heavy atom. The van der Waals surface area contributed by atoms with Gasteiger partial charge >= 0.3 is 0 Å². The second-order valence-corrected chi connectivity index (χ2v) is 5.76. The normalized spacial score (nSPS) is 19.1. The van der Waals surface area contributed by atoms with Crippen LogP contribution in [-0.2, 0) is 7.05 Å². The van der Waals surface area contributed by atoms with Gasteiger partial charge in [-0.1, -0.05) is 18.2 Å². The maximum absolute atomic E-state index is 4.21. The minimum absolute atomic E-state index is 0.403. The summed E-state index contributed by atoms with van der Waals surface area (Å²) in [6.07, 6.45) is 6.34. The molecule has 3 rings (SSSR count). The van der Waals surface area contributed by atoms with E-state index >= 15 is 0 Å². The molecule has 1 N–H and O–H groups in total. The van der Waals surface area contributed by atoms with E-state index in [-0.39, 0.29) is 0 Å². The Labute approximate surface area is 112 Å². The number of rotatable bonds is 2. The molecule has 2 aromatic rings. The summed E-state index contributed by atoms with van der Waals surface area (Å²) >= 11 is 1.97. The summed E-state index contributed by atoms with van der Waals surface area (Å²) < 4.78 is 1.83. The Kier molecular flexibility index (Phi) is 3.28. The van der Waals surface area contributed by atoms with Gasteiger partial charge < -0.3 is 5.32 Å². The number of nitrogens with zero attached hydrogens (tertiary/aromatic N) is 2. The van der Waals surface area contributed by atoms with Gasteiger partial charge in [0.2, 0.25) is 0 Å². The topological polar surface area (TPSA) is 29.9 Å². The molecule has 0 fully saturated rings. The van der Waals surface area contributed by atoms with Crippen LogP contribution in [0.2, 0.25) is 0 Å². The summed E-state index contributed by atoms with van der Waals surface area (Å²) in [4.78, 5) is 1.41. The fraction of sp³-hybridized carbons (Fsp3) is 0.357. The van der Waals surface area contributed by atoms with Gasteiger partial charge in [0.05, 0.1) is 17.9 Å². The van der Waals surface area contributed by atoms with Crippen LogP contribution in [0, 0.1) is 0 Å². The minimum atomic E-state index is 0.403. The highest BCUT2D eigenvalue weighted by Crippen LogP contribution is 2.36. The first-order valence-electron chi connectivity index (χ1n) is 6.30. The van der Waals surface area contributed by atoms with E-state index < -0.39 is 0 Å². The van der Waals surface area contributed by atoms with Crippen LogP contribution in [0.15, 0.2) is 41.6 Å². The van der Waals surface area contributed by atoms with E-state index in [1.807, 2.05) is 35.9 Å².